The molecule has 3 rings (SSSR count). The summed E-state index contributed by atoms with van der Waals surface area (Å²) in [6.45, 7) is 0.382. The van der Waals surface area contributed by atoms with E-state index in [1.165, 1.54) is 0 Å². The minimum Gasteiger partial charge on any atom is -0.484 e. The Bertz CT molecular complexity index is 753. The van der Waals surface area contributed by atoms with Gasteiger partial charge in [-0.15, -0.1) is 0 Å². The molecule has 0 spiro atoms. The zero-order valence-corrected chi connectivity index (χ0v) is 11.4. The van der Waals surface area contributed by atoms with Crippen LogP contribution in [0.25, 0.3) is 11.0 Å². The van der Waals surface area contributed by atoms with Crippen molar-refractivity contribution in [1.29, 1.82) is 0 Å². The van der Waals surface area contributed by atoms with Crippen molar-refractivity contribution in [3.8, 4) is 5.75 Å². The molecule has 0 aliphatic carbocycles. The lowest BCUT2D eigenvalue weighted by atomic mass is 10.2. The molecule has 0 unspecified atom stereocenters. The Kier molecular flexibility index (Phi) is 3.35. The maximum atomic E-state index is 5.84. The Morgan fingerprint density at radius 3 is 2.85 bits per heavy atom. The molecule has 100 valence electrons. The van der Waals surface area contributed by atoms with E-state index in [1.807, 2.05) is 36.4 Å². The molecule has 2 aromatic heterocycles. The van der Waals surface area contributed by atoms with Crippen LogP contribution in [0.5, 0.6) is 5.75 Å². The number of nitrogens with zero attached hydrogens (tertiary/aromatic N) is 1. The molecule has 0 saturated carbocycles. The standard InChI is InChI=1S/C15H12N2O2S/c16-15(20)14-13(11-5-1-2-6-12(11)19-14)18-9-10-4-3-7-17-8-10/h1-8H,9H2,(H2,16,20). The van der Waals surface area contributed by atoms with E-state index in [1.54, 1.807) is 12.4 Å². The molecular formula is C15H12N2O2S. The number of aromatic nitrogens is 1. The molecule has 1 aromatic carbocycles. The maximum Gasteiger partial charge on any atom is 0.204 e. The van der Waals surface area contributed by atoms with Crippen molar-refractivity contribution >= 4 is 28.2 Å². The first-order valence-electron chi connectivity index (χ1n) is 6.09. The Morgan fingerprint density at radius 1 is 1.25 bits per heavy atom. The second-order valence-electron chi connectivity index (χ2n) is 4.27. The summed E-state index contributed by atoms with van der Waals surface area (Å²) in [7, 11) is 0. The van der Waals surface area contributed by atoms with E-state index in [-0.39, 0.29) is 4.99 Å². The van der Waals surface area contributed by atoms with Gasteiger partial charge in [-0.3, -0.25) is 4.98 Å². The SMILES string of the molecule is NC(=S)c1oc2ccccc2c1OCc1cccnc1. The molecular weight excluding hydrogens is 272 g/mol. The van der Waals surface area contributed by atoms with Gasteiger partial charge in [-0.05, 0) is 18.2 Å². The first-order valence-corrected chi connectivity index (χ1v) is 6.49. The van der Waals surface area contributed by atoms with Gasteiger partial charge in [0.05, 0.1) is 5.39 Å². The third-order valence-corrected chi connectivity index (χ3v) is 3.07. The van der Waals surface area contributed by atoms with Gasteiger partial charge in [0.15, 0.2) is 5.75 Å². The van der Waals surface area contributed by atoms with E-state index in [9.17, 15) is 0 Å². The molecule has 0 radical (unpaired) electrons. The minimum absolute atomic E-state index is 0.183. The number of para-hydroxylation sites is 1. The van der Waals surface area contributed by atoms with Gasteiger partial charge in [-0.2, -0.15) is 0 Å². The van der Waals surface area contributed by atoms with Crippen LogP contribution in [0.3, 0.4) is 0 Å². The van der Waals surface area contributed by atoms with Crippen molar-refractivity contribution in [2.45, 2.75) is 6.61 Å². The van der Waals surface area contributed by atoms with Crippen molar-refractivity contribution in [2.24, 2.45) is 5.73 Å². The largest absolute Gasteiger partial charge is 0.484 e. The summed E-state index contributed by atoms with van der Waals surface area (Å²) >= 11 is 5.01. The van der Waals surface area contributed by atoms with Gasteiger partial charge in [0, 0.05) is 18.0 Å². The molecule has 0 aliphatic heterocycles. The van der Waals surface area contributed by atoms with Crippen LogP contribution in [-0.4, -0.2) is 9.97 Å². The summed E-state index contributed by atoms with van der Waals surface area (Å²) in [6.07, 6.45) is 3.47. The number of nitrogens with two attached hydrogens (primary N) is 1. The third-order valence-electron chi connectivity index (χ3n) is 2.88. The summed E-state index contributed by atoms with van der Waals surface area (Å²) in [5, 5.41) is 0.860. The lowest BCUT2D eigenvalue weighted by Crippen LogP contribution is -2.10. The molecule has 0 amide bonds. The molecule has 2 heterocycles. The Labute approximate surface area is 121 Å². The van der Waals surface area contributed by atoms with Crippen molar-refractivity contribution < 1.29 is 9.15 Å². The fraction of sp³-hybridized carbons (Fsp3) is 0.0667. The smallest absolute Gasteiger partial charge is 0.204 e. The van der Waals surface area contributed by atoms with E-state index in [4.69, 9.17) is 27.1 Å². The van der Waals surface area contributed by atoms with Gasteiger partial charge >= 0.3 is 0 Å². The Balaban J connectivity index is 1.97. The van der Waals surface area contributed by atoms with Crippen molar-refractivity contribution in [3.05, 3.63) is 60.1 Å². The van der Waals surface area contributed by atoms with Crippen molar-refractivity contribution in [2.75, 3.05) is 0 Å². The van der Waals surface area contributed by atoms with Crippen LogP contribution >= 0.6 is 12.2 Å². The zero-order valence-electron chi connectivity index (χ0n) is 10.6. The molecule has 0 atom stereocenters. The molecule has 4 nitrogen and oxygen atoms in total. The summed E-state index contributed by atoms with van der Waals surface area (Å²) in [4.78, 5) is 4.23. The average molecular weight is 284 g/mol. The number of hydrogen-bond donors (Lipinski definition) is 1. The number of hydrogen-bond acceptors (Lipinski definition) is 4. The molecule has 5 heteroatoms. The molecule has 20 heavy (non-hydrogen) atoms. The lowest BCUT2D eigenvalue weighted by Gasteiger charge is -2.05. The second kappa shape index (κ2) is 5.30. The van der Waals surface area contributed by atoms with Crippen LogP contribution in [0.2, 0.25) is 0 Å². The van der Waals surface area contributed by atoms with Gasteiger partial charge in [-0.1, -0.05) is 30.4 Å². The molecule has 0 bridgehead atoms. The molecule has 3 aromatic rings. The highest BCUT2D eigenvalue weighted by Crippen LogP contribution is 2.33. The number of furan rings is 1. The highest BCUT2D eigenvalue weighted by Gasteiger charge is 2.17. The van der Waals surface area contributed by atoms with Crippen LogP contribution in [0.1, 0.15) is 11.3 Å². The quantitative estimate of drug-likeness (QED) is 0.746. The number of benzene rings is 1. The normalized spacial score (nSPS) is 10.6. The van der Waals surface area contributed by atoms with Gasteiger partial charge < -0.3 is 14.9 Å². The van der Waals surface area contributed by atoms with Crippen LogP contribution in [-0.2, 0) is 6.61 Å². The topological polar surface area (TPSA) is 61.3 Å². The monoisotopic (exact) mass is 284 g/mol. The van der Waals surface area contributed by atoms with Crippen molar-refractivity contribution in [3.63, 3.8) is 0 Å². The second-order valence-corrected chi connectivity index (χ2v) is 4.71. The molecule has 0 saturated heterocycles. The Hall–Kier alpha value is -2.40. The first kappa shape index (κ1) is 12.6. The minimum atomic E-state index is 0.183. The highest BCUT2D eigenvalue weighted by molar-refractivity contribution is 7.80. The molecule has 0 aliphatic rings. The zero-order chi connectivity index (χ0) is 13.9. The summed E-state index contributed by atoms with van der Waals surface area (Å²) in [5.74, 6) is 0.988. The fourth-order valence-electron chi connectivity index (χ4n) is 1.97. The molecule has 2 N–H and O–H groups in total. The van der Waals surface area contributed by atoms with Gasteiger partial charge in [0.1, 0.15) is 17.2 Å². The van der Waals surface area contributed by atoms with Crippen LogP contribution in [0.4, 0.5) is 0 Å². The Morgan fingerprint density at radius 2 is 2.10 bits per heavy atom. The van der Waals surface area contributed by atoms with Crippen LogP contribution in [0, 0.1) is 0 Å². The summed E-state index contributed by atoms with van der Waals surface area (Å²) < 4.78 is 11.5. The molecule has 0 fully saturated rings. The number of pyridine rings is 1. The van der Waals surface area contributed by atoms with Crippen molar-refractivity contribution in [1.82, 2.24) is 4.98 Å². The fourth-order valence-corrected chi connectivity index (χ4v) is 2.10. The number of thiocarbonyl (C=S) groups is 1. The summed E-state index contributed by atoms with van der Waals surface area (Å²) in [6, 6.07) is 11.4. The number of fused-ring (bicyclic) bond motifs is 1. The third kappa shape index (κ3) is 2.35. The van der Waals surface area contributed by atoms with Gasteiger partial charge in [-0.25, -0.2) is 0 Å². The van der Waals surface area contributed by atoms with Crippen LogP contribution < -0.4 is 10.5 Å². The van der Waals surface area contributed by atoms with Gasteiger partial charge in [0.25, 0.3) is 0 Å². The van der Waals surface area contributed by atoms with E-state index < -0.39 is 0 Å². The predicted molar refractivity (Wildman–Crippen MR) is 80.7 cm³/mol. The first-order chi connectivity index (χ1) is 9.75. The van der Waals surface area contributed by atoms with Gasteiger partial charge in [0.2, 0.25) is 5.76 Å². The van der Waals surface area contributed by atoms with E-state index in [0.29, 0.717) is 23.7 Å². The number of ether oxygens (including phenoxy) is 1. The van der Waals surface area contributed by atoms with E-state index in [0.717, 1.165) is 10.9 Å². The van der Waals surface area contributed by atoms with Crippen LogP contribution in [0.15, 0.2) is 53.2 Å². The summed E-state index contributed by atoms with van der Waals surface area (Å²) in [5.41, 5.74) is 7.36. The highest BCUT2D eigenvalue weighted by atomic mass is 32.1. The predicted octanol–water partition coefficient (Wildman–Crippen LogP) is 3.04. The lowest BCUT2D eigenvalue weighted by molar-refractivity contribution is 0.304. The average Bonchev–Trinajstić information content (AvgIpc) is 2.85. The van der Waals surface area contributed by atoms with E-state index >= 15 is 0 Å². The number of rotatable bonds is 4. The maximum absolute atomic E-state index is 5.84. The van der Waals surface area contributed by atoms with E-state index in [2.05, 4.69) is 4.98 Å².